The average molecular weight is 262 g/mol. The first-order valence-corrected chi connectivity index (χ1v) is 6.70. The van der Waals surface area contributed by atoms with Crippen LogP contribution in [0, 0.1) is 5.92 Å². The molecular weight excluding hydrogens is 244 g/mol. The summed E-state index contributed by atoms with van der Waals surface area (Å²) in [4.78, 5) is 12.2. The summed E-state index contributed by atoms with van der Waals surface area (Å²) in [5, 5.41) is 15.3. The highest BCUT2D eigenvalue weighted by Gasteiger charge is 2.28. The second kappa shape index (κ2) is 5.09. The Morgan fingerprint density at radius 2 is 2.32 bits per heavy atom. The van der Waals surface area contributed by atoms with Crippen LogP contribution in [-0.4, -0.2) is 36.8 Å². The van der Waals surface area contributed by atoms with E-state index >= 15 is 0 Å². The Kier molecular flexibility index (Phi) is 3.29. The zero-order valence-electron chi connectivity index (χ0n) is 10.7. The van der Waals surface area contributed by atoms with Gasteiger partial charge in [-0.2, -0.15) is 0 Å². The molecule has 0 saturated heterocycles. The van der Waals surface area contributed by atoms with Crippen LogP contribution in [0.5, 0.6) is 5.75 Å². The molecule has 0 radical (unpaired) electrons. The van der Waals surface area contributed by atoms with Crippen LogP contribution in [0.15, 0.2) is 18.2 Å². The van der Waals surface area contributed by atoms with Crippen molar-refractivity contribution in [2.45, 2.75) is 18.9 Å². The van der Waals surface area contributed by atoms with Gasteiger partial charge in [0.25, 0.3) is 5.91 Å². The number of nitrogens with one attached hydrogen (secondary N) is 2. The molecule has 0 aromatic heterocycles. The SMILES string of the molecule is O=C(NCC1CC(O)C1)c1cccc2c1OCCN2. The summed E-state index contributed by atoms with van der Waals surface area (Å²) in [6.45, 7) is 1.96. The van der Waals surface area contributed by atoms with Crippen molar-refractivity contribution in [2.75, 3.05) is 25.0 Å². The van der Waals surface area contributed by atoms with Crippen molar-refractivity contribution in [2.24, 2.45) is 5.92 Å². The second-order valence-electron chi connectivity index (χ2n) is 5.16. The molecule has 2 aliphatic rings. The first-order chi connectivity index (χ1) is 9.24. The predicted octanol–water partition coefficient (Wildman–Crippen LogP) is 0.992. The average Bonchev–Trinajstić information content (AvgIpc) is 2.41. The van der Waals surface area contributed by atoms with Crippen LogP contribution < -0.4 is 15.4 Å². The van der Waals surface area contributed by atoms with Crippen LogP contribution >= 0.6 is 0 Å². The van der Waals surface area contributed by atoms with E-state index in [9.17, 15) is 9.90 Å². The van der Waals surface area contributed by atoms with Crippen LogP contribution in [0.4, 0.5) is 5.69 Å². The lowest BCUT2D eigenvalue weighted by atomic mass is 9.82. The molecular formula is C14H18N2O3. The van der Waals surface area contributed by atoms with E-state index in [1.807, 2.05) is 12.1 Å². The van der Waals surface area contributed by atoms with Crippen molar-refractivity contribution in [1.82, 2.24) is 5.32 Å². The molecule has 102 valence electrons. The molecule has 5 nitrogen and oxygen atoms in total. The summed E-state index contributed by atoms with van der Waals surface area (Å²) in [5.74, 6) is 0.930. The van der Waals surface area contributed by atoms with Gasteiger partial charge in [-0.05, 0) is 30.9 Å². The smallest absolute Gasteiger partial charge is 0.255 e. The van der Waals surface area contributed by atoms with Gasteiger partial charge in [0.2, 0.25) is 0 Å². The number of carbonyl (C=O) groups excluding carboxylic acids is 1. The summed E-state index contributed by atoms with van der Waals surface area (Å²) in [7, 11) is 0. The summed E-state index contributed by atoms with van der Waals surface area (Å²) < 4.78 is 5.58. The van der Waals surface area contributed by atoms with E-state index in [1.54, 1.807) is 6.07 Å². The molecule has 0 unspecified atom stereocenters. The standard InChI is InChI=1S/C14H18N2O3/c17-10-6-9(7-10)8-16-14(18)11-2-1-3-12-13(11)19-5-4-15-12/h1-3,9-10,15,17H,4-8H2,(H,16,18). The Bertz CT molecular complexity index is 484. The highest BCUT2D eigenvalue weighted by atomic mass is 16.5. The van der Waals surface area contributed by atoms with Crippen molar-refractivity contribution in [3.63, 3.8) is 0 Å². The summed E-state index contributed by atoms with van der Waals surface area (Å²) in [6, 6.07) is 5.53. The van der Waals surface area contributed by atoms with E-state index in [2.05, 4.69) is 10.6 Å². The number of amides is 1. The first-order valence-electron chi connectivity index (χ1n) is 6.70. The molecule has 19 heavy (non-hydrogen) atoms. The first kappa shape index (κ1) is 12.3. The lowest BCUT2D eigenvalue weighted by molar-refractivity contribution is 0.0420. The molecule has 0 bridgehead atoms. The number of carbonyl (C=O) groups is 1. The fraction of sp³-hybridized carbons (Fsp3) is 0.500. The van der Waals surface area contributed by atoms with E-state index in [0.29, 0.717) is 30.4 Å². The van der Waals surface area contributed by atoms with Crippen molar-refractivity contribution in [3.8, 4) is 5.75 Å². The third kappa shape index (κ3) is 2.51. The maximum atomic E-state index is 12.2. The molecule has 3 N–H and O–H groups in total. The molecule has 1 aliphatic heterocycles. The number of rotatable bonds is 3. The van der Waals surface area contributed by atoms with Crippen LogP contribution in [0.2, 0.25) is 0 Å². The highest BCUT2D eigenvalue weighted by molar-refractivity contribution is 5.99. The van der Waals surface area contributed by atoms with E-state index in [1.165, 1.54) is 0 Å². The predicted molar refractivity (Wildman–Crippen MR) is 71.5 cm³/mol. The van der Waals surface area contributed by atoms with Gasteiger partial charge < -0.3 is 20.5 Å². The fourth-order valence-electron chi connectivity index (χ4n) is 2.55. The summed E-state index contributed by atoms with van der Waals surface area (Å²) >= 11 is 0. The quantitative estimate of drug-likeness (QED) is 0.760. The Balaban J connectivity index is 1.66. The Labute approximate surface area is 112 Å². The monoisotopic (exact) mass is 262 g/mol. The van der Waals surface area contributed by atoms with Crippen LogP contribution in [0.25, 0.3) is 0 Å². The lowest BCUT2D eigenvalue weighted by Gasteiger charge is -2.31. The highest BCUT2D eigenvalue weighted by Crippen LogP contribution is 2.31. The van der Waals surface area contributed by atoms with Crippen molar-refractivity contribution in [3.05, 3.63) is 23.8 Å². The van der Waals surface area contributed by atoms with Gasteiger partial charge in [-0.1, -0.05) is 6.07 Å². The molecule has 1 saturated carbocycles. The Morgan fingerprint density at radius 1 is 1.47 bits per heavy atom. The van der Waals surface area contributed by atoms with Gasteiger partial charge >= 0.3 is 0 Å². The van der Waals surface area contributed by atoms with Gasteiger partial charge in [-0.15, -0.1) is 0 Å². The maximum absolute atomic E-state index is 12.2. The molecule has 1 heterocycles. The molecule has 1 aromatic rings. The molecule has 0 atom stereocenters. The van der Waals surface area contributed by atoms with Gasteiger partial charge in [0, 0.05) is 13.1 Å². The third-order valence-electron chi connectivity index (χ3n) is 3.69. The van der Waals surface area contributed by atoms with E-state index in [4.69, 9.17) is 4.74 Å². The Morgan fingerprint density at radius 3 is 3.11 bits per heavy atom. The number of aliphatic hydroxyl groups is 1. The summed E-state index contributed by atoms with van der Waals surface area (Å²) in [6.07, 6.45) is 1.38. The van der Waals surface area contributed by atoms with Crippen molar-refractivity contribution >= 4 is 11.6 Å². The molecule has 5 heteroatoms. The van der Waals surface area contributed by atoms with Gasteiger partial charge in [-0.3, -0.25) is 4.79 Å². The van der Waals surface area contributed by atoms with E-state index < -0.39 is 0 Å². The minimum Gasteiger partial charge on any atom is -0.489 e. The molecule has 1 aliphatic carbocycles. The number of aliphatic hydroxyl groups excluding tert-OH is 1. The zero-order valence-corrected chi connectivity index (χ0v) is 10.7. The minimum atomic E-state index is -0.182. The largest absolute Gasteiger partial charge is 0.489 e. The van der Waals surface area contributed by atoms with E-state index in [0.717, 1.165) is 25.1 Å². The van der Waals surface area contributed by atoms with Crippen LogP contribution in [0.3, 0.4) is 0 Å². The molecule has 1 fully saturated rings. The van der Waals surface area contributed by atoms with Gasteiger partial charge in [-0.25, -0.2) is 0 Å². The zero-order chi connectivity index (χ0) is 13.2. The lowest BCUT2D eigenvalue weighted by Crippen LogP contribution is -2.38. The summed E-state index contributed by atoms with van der Waals surface area (Å²) in [5.41, 5.74) is 1.45. The molecule has 1 amide bonds. The minimum absolute atomic E-state index is 0.109. The molecule has 0 spiro atoms. The van der Waals surface area contributed by atoms with Gasteiger partial charge in [0.15, 0.2) is 5.75 Å². The number of hydrogen-bond donors (Lipinski definition) is 3. The van der Waals surface area contributed by atoms with Crippen molar-refractivity contribution < 1.29 is 14.6 Å². The normalized spacial score (nSPS) is 24.5. The van der Waals surface area contributed by atoms with Crippen LogP contribution in [0.1, 0.15) is 23.2 Å². The number of para-hydroxylation sites is 1. The number of benzene rings is 1. The fourth-order valence-corrected chi connectivity index (χ4v) is 2.55. The number of anilines is 1. The molecule has 3 rings (SSSR count). The van der Waals surface area contributed by atoms with Gasteiger partial charge in [0.05, 0.1) is 17.4 Å². The Hall–Kier alpha value is -1.75. The van der Waals surface area contributed by atoms with Crippen LogP contribution in [-0.2, 0) is 0 Å². The second-order valence-corrected chi connectivity index (χ2v) is 5.16. The number of hydrogen-bond acceptors (Lipinski definition) is 4. The molecule has 1 aromatic carbocycles. The topological polar surface area (TPSA) is 70.6 Å². The number of fused-ring (bicyclic) bond motifs is 1. The third-order valence-corrected chi connectivity index (χ3v) is 3.69. The van der Waals surface area contributed by atoms with Gasteiger partial charge in [0.1, 0.15) is 6.61 Å². The maximum Gasteiger partial charge on any atom is 0.255 e. The van der Waals surface area contributed by atoms with Crippen molar-refractivity contribution in [1.29, 1.82) is 0 Å². The van der Waals surface area contributed by atoms with E-state index in [-0.39, 0.29) is 12.0 Å². The number of ether oxygens (including phenoxy) is 1.